The molecule has 2 aliphatic heterocycles. The van der Waals surface area contributed by atoms with Crippen molar-refractivity contribution in [2.75, 3.05) is 13.1 Å². The Bertz CT molecular complexity index is 334. The minimum absolute atomic E-state index is 0.0304. The third-order valence-electron chi connectivity index (χ3n) is 3.75. The zero-order valence-electron chi connectivity index (χ0n) is 11.0. The number of carboxylic acids is 1. The minimum Gasteiger partial charge on any atom is -0.479 e. The van der Waals surface area contributed by atoms with Crippen LogP contribution >= 0.6 is 0 Å². The number of hydrogen-bond acceptors (Lipinski definition) is 3. The molecule has 2 unspecified atom stereocenters. The van der Waals surface area contributed by atoms with E-state index >= 15 is 0 Å². The normalized spacial score (nSPS) is 36.7. The summed E-state index contributed by atoms with van der Waals surface area (Å²) in [5.41, 5.74) is 0. The van der Waals surface area contributed by atoms with Crippen LogP contribution in [0.15, 0.2) is 0 Å². The van der Waals surface area contributed by atoms with Crippen LogP contribution in [0.3, 0.4) is 0 Å². The van der Waals surface area contributed by atoms with E-state index in [0.717, 1.165) is 19.5 Å². The highest BCUT2D eigenvalue weighted by molar-refractivity contribution is 5.82. The van der Waals surface area contributed by atoms with Gasteiger partial charge in [0.15, 0.2) is 6.10 Å². The van der Waals surface area contributed by atoms with E-state index in [1.54, 1.807) is 0 Å². The van der Waals surface area contributed by atoms with Crippen molar-refractivity contribution in [1.29, 1.82) is 0 Å². The smallest absolute Gasteiger partial charge is 0.332 e. The molecule has 0 bridgehead atoms. The van der Waals surface area contributed by atoms with Gasteiger partial charge in [0, 0.05) is 13.1 Å². The van der Waals surface area contributed by atoms with E-state index in [2.05, 4.69) is 13.8 Å². The van der Waals surface area contributed by atoms with Crippen LogP contribution in [0.1, 0.15) is 33.1 Å². The highest BCUT2D eigenvalue weighted by atomic mass is 16.5. The standard InChI is InChI=1S/C13H21NO4/c1-8-5-9(2)7-14(6-8)12(15)10-3-4-11(18-10)13(16)17/h8-11H,3-7H2,1-2H3,(H,16,17)/t8?,9?,10-,11+/m0/s1. The molecule has 4 atom stereocenters. The maximum atomic E-state index is 12.3. The van der Waals surface area contributed by atoms with Gasteiger partial charge in [-0.1, -0.05) is 13.8 Å². The van der Waals surface area contributed by atoms with Crippen molar-refractivity contribution in [3.05, 3.63) is 0 Å². The van der Waals surface area contributed by atoms with Crippen LogP contribution in [-0.2, 0) is 14.3 Å². The van der Waals surface area contributed by atoms with E-state index < -0.39 is 18.2 Å². The van der Waals surface area contributed by atoms with Gasteiger partial charge >= 0.3 is 5.97 Å². The molecule has 0 saturated carbocycles. The Morgan fingerprint density at radius 3 is 2.17 bits per heavy atom. The first-order chi connectivity index (χ1) is 8.47. The number of piperidine rings is 1. The van der Waals surface area contributed by atoms with Gasteiger partial charge in [-0.15, -0.1) is 0 Å². The van der Waals surface area contributed by atoms with Gasteiger partial charge in [-0.25, -0.2) is 4.79 Å². The maximum absolute atomic E-state index is 12.3. The van der Waals surface area contributed by atoms with Gasteiger partial charge in [-0.05, 0) is 31.1 Å². The lowest BCUT2D eigenvalue weighted by atomic mass is 9.91. The van der Waals surface area contributed by atoms with Crippen LogP contribution in [-0.4, -0.2) is 47.2 Å². The lowest BCUT2D eigenvalue weighted by molar-refractivity contribution is -0.155. The van der Waals surface area contributed by atoms with Gasteiger partial charge < -0.3 is 14.7 Å². The first-order valence-corrected chi connectivity index (χ1v) is 6.64. The average molecular weight is 255 g/mol. The first-order valence-electron chi connectivity index (χ1n) is 6.64. The highest BCUT2D eigenvalue weighted by Gasteiger charge is 2.38. The second-order valence-corrected chi connectivity index (χ2v) is 5.72. The van der Waals surface area contributed by atoms with Crippen LogP contribution in [0.5, 0.6) is 0 Å². The van der Waals surface area contributed by atoms with Gasteiger partial charge in [0.1, 0.15) is 6.10 Å². The molecule has 102 valence electrons. The predicted octanol–water partition coefficient (Wildman–Crippen LogP) is 1.12. The third kappa shape index (κ3) is 2.83. The molecule has 0 aromatic rings. The first kappa shape index (κ1) is 13.3. The zero-order chi connectivity index (χ0) is 13.3. The molecule has 2 rings (SSSR count). The fraction of sp³-hybridized carbons (Fsp3) is 0.846. The molecule has 2 fully saturated rings. The zero-order valence-corrected chi connectivity index (χ0v) is 11.0. The van der Waals surface area contributed by atoms with Crippen LogP contribution in [0.25, 0.3) is 0 Å². The maximum Gasteiger partial charge on any atom is 0.332 e. The Hall–Kier alpha value is -1.10. The summed E-state index contributed by atoms with van der Waals surface area (Å²) in [6.45, 7) is 5.82. The number of carbonyl (C=O) groups excluding carboxylic acids is 1. The quantitative estimate of drug-likeness (QED) is 0.803. The van der Waals surface area contributed by atoms with Crippen molar-refractivity contribution in [1.82, 2.24) is 4.90 Å². The molecule has 1 N–H and O–H groups in total. The summed E-state index contributed by atoms with van der Waals surface area (Å²) >= 11 is 0. The number of carboxylic acid groups (broad SMARTS) is 1. The molecule has 1 amide bonds. The van der Waals surface area contributed by atoms with E-state index in [9.17, 15) is 9.59 Å². The van der Waals surface area contributed by atoms with E-state index in [-0.39, 0.29) is 5.91 Å². The predicted molar refractivity (Wildman–Crippen MR) is 65.1 cm³/mol. The largest absolute Gasteiger partial charge is 0.479 e. The molecule has 0 aliphatic carbocycles. The van der Waals surface area contributed by atoms with Crippen LogP contribution in [0, 0.1) is 11.8 Å². The van der Waals surface area contributed by atoms with Gasteiger partial charge in [-0.2, -0.15) is 0 Å². The molecule has 2 saturated heterocycles. The summed E-state index contributed by atoms with van der Waals surface area (Å²) in [7, 11) is 0. The molecule has 5 nitrogen and oxygen atoms in total. The Labute approximate surface area is 107 Å². The lowest BCUT2D eigenvalue weighted by Gasteiger charge is -2.36. The van der Waals surface area contributed by atoms with E-state index in [1.807, 2.05) is 4.90 Å². The number of aliphatic carboxylic acids is 1. The minimum atomic E-state index is -0.967. The molecule has 18 heavy (non-hydrogen) atoms. The highest BCUT2D eigenvalue weighted by Crippen LogP contribution is 2.26. The number of carbonyl (C=O) groups is 2. The molecule has 2 aliphatic rings. The van der Waals surface area contributed by atoms with Crippen LogP contribution in [0.4, 0.5) is 0 Å². The van der Waals surface area contributed by atoms with Gasteiger partial charge in [0.25, 0.3) is 5.91 Å². The number of hydrogen-bond donors (Lipinski definition) is 1. The summed E-state index contributed by atoms with van der Waals surface area (Å²) in [5.74, 6) is 0.0200. The van der Waals surface area contributed by atoms with E-state index in [0.29, 0.717) is 24.7 Å². The SMILES string of the molecule is CC1CC(C)CN(C(=O)[C@@H]2CC[C@H](C(=O)O)O2)C1. The average Bonchev–Trinajstić information content (AvgIpc) is 2.75. The fourth-order valence-corrected chi connectivity index (χ4v) is 3.05. The fourth-order valence-electron chi connectivity index (χ4n) is 3.05. The Morgan fingerprint density at radius 2 is 1.67 bits per heavy atom. The van der Waals surface area contributed by atoms with Crippen molar-refractivity contribution in [3.63, 3.8) is 0 Å². The van der Waals surface area contributed by atoms with Crippen molar-refractivity contribution < 1.29 is 19.4 Å². The van der Waals surface area contributed by atoms with Crippen LogP contribution in [0.2, 0.25) is 0 Å². The summed E-state index contributed by atoms with van der Waals surface area (Å²) in [4.78, 5) is 24.9. The Kier molecular flexibility index (Phi) is 3.90. The summed E-state index contributed by atoms with van der Waals surface area (Å²) in [6.07, 6.45) is 0.745. The van der Waals surface area contributed by atoms with Crippen molar-refractivity contribution >= 4 is 11.9 Å². The Morgan fingerprint density at radius 1 is 1.11 bits per heavy atom. The number of amides is 1. The Balaban J connectivity index is 1.93. The third-order valence-corrected chi connectivity index (χ3v) is 3.75. The van der Waals surface area contributed by atoms with Crippen molar-refractivity contribution in [3.8, 4) is 0 Å². The van der Waals surface area contributed by atoms with Crippen LogP contribution < -0.4 is 0 Å². The molecular formula is C13H21NO4. The van der Waals surface area contributed by atoms with E-state index in [4.69, 9.17) is 9.84 Å². The topological polar surface area (TPSA) is 66.8 Å². The molecular weight excluding hydrogens is 234 g/mol. The number of rotatable bonds is 2. The number of ether oxygens (including phenoxy) is 1. The second kappa shape index (κ2) is 5.26. The molecule has 5 heteroatoms. The summed E-state index contributed by atoms with van der Waals surface area (Å²) in [6, 6.07) is 0. The number of nitrogens with zero attached hydrogens (tertiary/aromatic N) is 1. The second-order valence-electron chi connectivity index (χ2n) is 5.72. The molecule has 0 aromatic carbocycles. The number of likely N-dealkylation sites (tertiary alicyclic amines) is 1. The van der Waals surface area contributed by atoms with Crippen molar-refractivity contribution in [2.45, 2.75) is 45.3 Å². The van der Waals surface area contributed by atoms with Crippen molar-refractivity contribution in [2.24, 2.45) is 11.8 Å². The lowest BCUT2D eigenvalue weighted by Crippen LogP contribution is -2.47. The molecule has 0 aromatic heterocycles. The molecule has 2 heterocycles. The van der Waals surface area contributed by atoms with Gasteiger partial charge in [-0.3, -0.25) is 4.79 Å². The van der Waals surface area contributed by atoms with E-state index in [1.165, 1.54) is 0 Å². The molecule has 0 spiro atoms. The monoisotopic (exact) mass is 255 g/mol. The summed E-state index contributed by atoms with van der Waals surface area (Å²) < 4.78 is 5.32. The van der Waals surface area contributed by atoms with Gasteiger partial charge in [0.05, 0.1) is 0 Å². The van der Waals surface area contributed by atoms with Gasteiger partial charge in [0.2, 0.25) is 0 Å². The molecule has 0 radical (unpaired) electrons. The summed E-state index contributed by atoms with van der Waals surface area (Å²) in [5, 5.41) is 8.86.